The quantitative estimate of drug-likeness (QED) is 0.699. The van der Waals surface area contributed by atoms with Crippen molar-refractivity contribution in [1.29, 1.82) is 0 Å². The first-order valence-electron chi connectivity index (χ1n) is 6.57. The van der Waals surface area contributed by atoms with E-state index in [2.05, 4.69) is 19.2 Å². The molecule has 0 radical (unpaired) electrons. The highest BCUT2D eigenvalue weighted by atomic mass is 35.5. The number of nitrogens with one attached hydrogen (secondary N) is 1. The van der Waals surface area contributed by atoms with E-state index in [1.54, 1.807) is 18.2 Å². The largest absolute Gasteiger partial charge is 0.310 e. The monoisotopic (exact) mass is 289 g/mol. The van der Waals surface area contributed by atoms with E-state index in [4.69, 9.17) is 11.6 Å². The second-order valence-electron chi connectivity index (χ2n) is 5.63. The van der Waals surface area contributed by atoms with E-state index in [-0.39, 0.29) is 17.5 Å². The Labute approximate surface area is 119 Å². The summed E-state index contributed by atoms with van der Waals surface area (Å²) in [6.45, 7) is 4.36. The van der Waals surface area contributed by atoms with Gasteiger partial charge in [0.15, 0.2) is 0 Å². The van der Waals surface area contributed by atoms with Gasteiger partial charge in [0.1, 0.15) is 0 Å². The fraction of sp³-hybridized carbons (Fsp3) is 0.600. The number of benzene rings is 1. The normalized spacial score (nSPS) is 12.7. The minimum atomic E-state index is -2.83. The van der Waals surface area contributed by atoms with Gasteiger partial charge >= 0.3 is 0 Å². The number of alkyl halides is 3. The van der Waals surface area contributed by atoms with E-state index in [0.717, 1.165) is 12.8 Å². The molecule has 0 unspecified atom stereocenters. The number of halogens is 3. The number of hydrogen-bond acceptors (Lipinski definition) is 1. The SMILES string of the molecule is CC(C)(CCCCl)CNCC(F)(F)c1ccccc1. The topological polar surface area (TPSA) is 12.0 Å². The van der Waals surface area contributed by atoms with Gasteiger partial charge in [0.2, 0.25) is 0 Å². The van der Waals surface area contributed by atoms with Crippen LogP contribution in [-0.2, 0) is 5.92 Å². The third kappa shape index (κ3) is 5.87. The van der Waals surface area contributed by atoms with Gasteiger partial charge in [-0.15, -0.1) is 11.6 Å². The molecule has 0 atom stereocenters. The van der Waals surface area contributed by atoms with Crippen LogP contribution in [-0.4, -0.2) is 19.0 Å². The van der Waals surface area contributed by atoms with Crippen molar-refractivity contribution < 1.29 is 8.78 Å². The van der Waals surface area contributed by atoms with Crippen LogP contribution in [0.2, 0.25) is 0 Å². The van der Waals surface area contributed by atoms with Crippen LogP contribution >= 0.6 is 11.6 Å². The maximum Gasteiger partial charge on any atom is 0.285 e. The van der Waals surface area contributed by atoms with Crippen molar-refractivity contribution >= 4 is 11.6 Å². The van der Waals surface area contributed by atoms with Crippen LogP contribution < -0.4 is 5.32 Å². The van der Waals surface area contributed by atoms with Crippen LogP contribution in [0.1, 0.15) is 32.3 Å². The molecule has 0 spiro atoms. The first kappa shape index (κ1) is 16.4. The van der Waals surface area contributed by atoms with Gasteiger partial charge in [0.05, 0.1) is 6.54 Å². The molecule has 1 aromatic carbocycles. The molecule has 1 aromatic rings. The highest BCUT2D eigenvalue weighted by Gasteiger charge is 2.31. The van der Waals surface area contributed by atoms with Crippen molar-refractivity contribution in [3.63, 3.8) is 0 Å². The Morgan fingerprint density at radius 3 is 2.32 bits per heavy atom. The average Bonchev–Trinajstić information content (AvgIpc) is 2.37. The van der Waals surface area contributed by atoms with Gasteiger partial charge in [0, 0.05) is 18.0 Å². The highest BCUT2D eigenvalue weighted by Crippen LogP contribution is 2.27. The van der Waals surface area contributed by atoms with Gasteiger partial charge < -0.3 is 5.32 Å². The van der Waals surface area contributed by atoms with Gasteiger partial charge in [-0.05, 0) is 18.3 Å². The van der Waals surface area contributed by atoms with E-state index in [9.17, 15) is 8.78 Å². The summed E-state index contributed by atoms with van der Waals surface area (Å²) in [5.74, 6) is -2.21. The molecule has 0 heterocycles. The molecular formula is C15H22ClF2N. The predicted octanol–water partition coefficient (Wildman–Crippen LogP) is 4.41. The van der Waals surface area contributed by atoms with Crippen LogP contribution in [0.3, 0.4) is 0 Å². The lowest BCUT2D eigenvalue weighted by atomic mass is 9.88. The van der Waals surface area contributed by atoms with Gasteiger partial charge in [0.25, 0.3) is 5.92 Å². The lowest BCUT2D eigenvalue weighted by molar-refractivity contribution is -0.00506. The predicted molar refractivity (Wildman–Crippen MR) is 76.9 cm³/mol. The maximum atomic E-state index is 13.9. The molecule has 0 aliphatic carbocycles. The molecule has 0 aliphatic rings. The summed E-state index contributed by atoms with van der Waals surface area (Å²) in [4.78, 5) is 0. The van der Waals surface area contributed by atoms with Crippen LogP contribution in [0.15, 0.2) is 30.3 Å². The molecule has 1 N–H and O–H groups in total. The van der Waals surface area contributed by atoms with Gasteiger partial charge in [-0.3, -0.25) is 0 Å². The van der Waals surface area contributed by atoms with Gasteiger partial charge in [-0.1, -0.05) is 44.2 Å². The molecule has 0 aromatic heterocycles. The summed E-state index contributed by atoms with van der Waals surface area (Å²) in [6, 6.07) is 7.92. The molecule has 0 bridgehead atoms. The first-order valence-corrected chi connectivity index (χ1v) is 7.11. The zero-order valence-corrected chi connectivity index (χ0v) is 12.3. The molecule has 0 amide bonds. The van der Waals surface area contributed by atoms with E-state index in [1.165, 1.54) is 12.1 Å². The minimum absolute atomic E-state index is 0.0122. The molecule has 1 nitrogen and oxygen atoms in total. The van der Waals surface area contributed by atoms with Crippen LogP contribution in [0.5, 0.6) is 0 Å². The standard InChI is InChI=1S/C15H22ClF2N/c1-14(2,9-6-10-16)11-19-12-15(17,18)13-7-4-3-5-8-13/h3-5,7-8,19H,6,9-12H2,1-2H3. The second kappa shape index (κ2) is 7.20. The first-order chi connectivity index (χ1) is 8.87. The van der Waals surface area contributed by atoms with E-state index >= 15 is 0 Å². The summed E-state index contributed by atoms with van der Waals surface area (Å²) in [5, 5.41) is 2.88. The van der Waals surface area contributed by atoms with Gasteiger partial charge in [-0.25, -0.2) is 0 Å². The number of rotatable bonds is 8. The van der Waals surface area contributed by atoms with E-state index in [0.29, 0.717) is 12.4 Å². The Morgan fingerprint density at radius 2 is 1.74 bits per heavy atom. The molecule has 108 valence electrons. The third-order valence-corrected chi connectivity index (χ3v) is 3.40. The Bertz CT molecular complexity index is 366. The molecule has 4 heteroatoms. The Balaban J connectivity index is 2.44. The third-order valence-electron chi connectivity index (χ3n) is 3.13. The summed E-state index contributed by atoms with van der Waals surface area (Å²) < 4.78 is 27.8. The molecule has 0 fully saturated rings. The Morgan fingerprint density at radius 1 is 1.11 bits per heavy atom. The molecular weight excluding hydrogens is 268 g/mol. The zero-order chi connectivity index (χ0) is 14.4. The number of hydrogen-bond donors (Lipinski definition) is 1. The maximum absolute atomic E-state index is 13.9. The van der Waals surface area contributed by atoms with Crippen LogP contribution in [0, 0.1) is 5.41 Å². The van der Waals surface area contributed by atoms with Gasteiger partial charge in [-0.2, -0.15) is 8.78 Å². The Kier molecular flexibility index (Phi) is 6.21. The van der Waals surface area contributed by atoms with Crippen molar-refractivity contribution in [1.82, 2.24) is 5.32 Å². The van der Waals surface area contributed by atoms with E-state index in [1.807, 2.05) is 0 Å². The van der Waals surface area contributed by atoms with Crippen LogP contribution in [0.25, 0.3) is 0 Å². The molecule has 0 saturated carbocycles. The molecule has 1 rings (SSSR count). The van der Waals surface area contributed by atoms with Crippen molar-refractivity contribution in [3.05, 3.63) is 35.9 Å². The molecule has 0 aliphatic heterocycles. The lowest BCUT2D eigenvalue weighted by Crippen LogP contribution is -2.37. The zero-order valence-electron chi connectivity index (χ0n) is 11.6. The lowest BCUT2D eigenvalue weighted by Gasteiger charge is -2.26. The van der Waals surface area contributed by atoms with Crippen molar-refractivity contribution in [3.8, 4) is 0 Å². The van der Waals surface area contributed by atoms with Crippen molar-refractivity contribution in [2.24, 2.45) is 5.41 Å². The summed E-state index contributed by atoms with van der Waals surface area (Å²) >= 11 is 5.65. The van der Waals surface area contributed by atoms with Crippen LogP contribution in [0.4, 0.5) is 8.78 Å². The van der Waals surface area contributed by atoms with Crippen molar-refractivity contribution in [2.75, 3.05) is 19.0 Å². The summed E-state index contributed by atoms with van der Waals surface area (Å²) in [5.41, 5.74) is 0.0443. The minimum Gasteiger partial charge on any atom is -0.310 e. The summed E-state index contributed by atoms with van der Waals surface area (Å²) in [7, 11) is 0. The fourth-order valence-corrected chi connectivity index (χ4v) is 2.11. The highest BCUT2D eigenvalue weighted by molar-refractivity contribution is 6.17. The molecule has 0 saturated heterocycles. The van der Waals surface area contributed by atoms with E-state index < -0.39 is 5.92 Å². The summed E-state index contributed by atoms with van der Waals surface area (Å²) in [6.07, 6.45) is 1.84. The second-order valence-corrected chi connectivity index (χ2v) is 6.01. The fourth-order valence-electron chi connectivity index (χ4n) is 1.98. The average molecular weight is 290 g/mol. The Hall–Kier alpha value is -0.670. The van der Waals surface area contributed by atoms with Crippen molar-refractivity contribution in [2.45, 2.75) is 32.6 Å². The smallest absolute Gasteiger partial charge is 0.285 e. The molecule has 19 heavy (non-hydrogen) atoms.